The van der Waals surface area contributed by atoms with Crippen molar-refractivity contribution in [1.82, 2.24) is 10.1 Å². The van der Waals surface area contributed by atoms with E-state index in [0.717, 1.165) is 27.5 Å². The highest BCUT2D eigenvalue weighted by Crippen LogP contribution is 2.30. The van der Waals surface area contributed by atoms with Crippen LogP contribution < -0.4 is 14.8 Å². The quantitative estimate of drug-likeness (QED) is 0.305. The maximum Gasteiger partial charge on any atom is 0.255 e. The summed E-state index contributed by atoms with van der Waals surface area (Å²) >= 11 is 1.72. The standard InChI is InChI=1S/C26H25N3O4S/c1-17-23(18(2)33-29-17)15-32-24-11-6-20(13-25(24)31-3)26(30)28-21-7-9-22(10-8-21)34-16-19-5-4-12-27-14-19/h4-14H,15-16H2,1-3H3,(H,28,30). The van der Waals surface area contributed by atoms with Gasteiger partial charge in [-0.05, 0) is 67.9 Å². The van der Waals surface area contributed by atoms with E-state index in [0.29, 0.717) is 35.1 Å². The van der Waals surface area contributed by atoms with Crippen molar-refractivity contribution in [2.24, 2.45) is 0 Å². The van der Waals surface area contributed by atoms with Crippen LogP contribution in [0.15, 0.2) is 76.4 Å². The average molecular weight is 476 g/mol. The summed E-state index contributed by atoms with van der Waals surface area (Å²) in [6, 6.07) is 16.8. The Hall–Kier alpha value is -3.78. The molecule has 1 N–H and O–H groups in total. The molecule has 2 heterocycles. The van der Waals surface area contributed by atoms with Crippen LogP contribution in [0.3, 0.4) is 0 Å². The van der Waals surface area contributed by atoms with Gasteiger partial charge in [0.05, 0.1) is 18.4 Å². The van der Waals surface area contributed by atoms with E-state index in [1.54, 1.807) is 43.3 Å². The number of nitrogens with one attached hydrogen (secondary N) is 1. The summed E-state index contributed by atoms with van der Waals surface area (Å²) in [5.41, 5.74) is 4.03. The number of carbonyl (C=O) groups is 1. The molecule has 1 amide bonds. The number of thioether (sulfide) groups is 1. The average Bonchev–Trinajstić information content (AvgIpc) is 3.19. The van der Waals surface area contributed by atoms with Gasteiger partial charge in [-0.2, -0.15) is 0 Å². The Bertz CT molecular complexity index is 1240. The van der Waals surface area contributed by atoms with Crippen molar-refractivity contribution in [3.05, 3.63) is 95.1 Å². The molecule has 0 spiro atoms. The van der Waals surface area contributed by atoms with Gasteiger partial charge in [0.25, 0.3) is 5.91 Å². The molecule has 34 heavy (non-hydrogen) atoms. The lowest BCUT2D eigenvalue weighted by Gasteiger charge is -2.12. The molecule has 7 nitrogen and oxygen atoms in total. The van der Waals surface area contributed by atoms with Gasteiger partial charge in [0, 0.05) is 34.3 Å². The van der Waals surface area contributed by atoms with Crippen molar-refractivity contribution in [3.8, 4) is 11.5 Å². The SMILES string of the molecule is COc1cc(C(=O)Nc2ccc(SCc3cccnc3)cc2)ccc1OCc1c(C)noc1C. The van der Waals surface area contributed by atoms with Crippen LogP contribution in [-0.4, -0.2) is 23.2 Å². The monoisotopic (exact) mass is 475 g/mol. The van der Waals surface area contributed by atoms with Crippen LogP contribution in [0.5, 0.6) is 11.5 Å². The van der Waals surface area contributed by atoms with Gasteiger partial charge in [0.15, 0.2) is 11.5 Å². The van der Waals surface area contributed by atoms with Crippen molar-refractivity contribution in [2.75, 3.05) is 12.4 Å². The van der Waals surface area contributed by atoms with Gasteiger partial charge >= 0.3 is 0 Å². The smallest absolute Gasteiger partial charge is 0.255 e. The summed E-state index contributed by atoms with van der Waals surface area (Å²) < 4.78 is 16.5. The number of pyridine rings is 1. The van der Waals surface area contributed by atoms with Crippen LogP contribution in [0.1, 0.15) is 32.9 Å². The number of amides is 1. The molecular formula is C26H25N3O4S. The van der Waals surface area contributed by atoms with Crippen LogP contribution in [0.4, 0.5) is 5.69 Å². The van der Waals surface area contributed by atoms with Crippen molar-refractivity contribution in [1.29, 1.82) is 0 Å². The molecule has 0 saturated carbocycles. The topological polar surface area (TPSA) is 86.5 Å². The Morgan fingerprint density at radius 2 is 1.91 bits per heavy atom. The van der Waals surface area contributed by atoms with Crippen LogP contribution in [0, 0.1) is 13.8 Å². The Balaban J connectivity index is 1.36. The molecule has 8 heteroatoms. The summed E-state index contributed by atoms with van der Waals surface area (Å²) in [6.45, 7) is 4.01. The lowest BCUT2D eigenvalue weighted by molar-refractivity contribution is 0.102. The molecule has 2 aromatic carbocycles. The molecule has 0 fully saturated rings. The number of carbonyl (C=O) groups excluding carboxylic acids is 1. The number of anilines is 1. The molecule has 4 aromatic rings. The summed E-state index contributed by atoms with van der Waals surface area (Å²) in [5, 5.41) is 6.86. The first-order valence-corrected chi connectivity index (χ1v) is 11.7. The number of nitrogens with zero attached hydrogens (tertiary/aromatic N) is 2. The number of aryl methyl sites for hydroxylation is 2. The molecule has 0 saturated heterocycles. The van der Waals surface area contributed by atoms with Crippen molar-refractivity contribution in [3.63, 3.8) is 0 Å². The third-order valence-electron chi connectivity index (χ3n) is 5.22. The lowest BCUT2D eigenvalue weighted by atomic mass is 10.1. The molecule has 2 aromatic heterocycles. The minimum Gasteiger partial charge on any atom is -0.493 e. The van der Waals surface area contributed by atoms with Crippen LogP contribution in [-0.2, 0) is 12.4 Å². The number of methoxy groups -OCH3 is 1. The lowest BCUT2D eigenvalue weighted by Crippen LogP contribution is -2.12. The van der Waals surface area contributed by atoms with Crippen molar-refractivity contribution < 1.29 is 18.8 Å². The van der Waals surface area contributed by atoms with Gasteiger partial charge in [-0.3, -0.25) is 9.78 Å². The number of hydrogen-bond donors (Lipinski definition) is 1. The van der Waals surface area contributed by atoms with Crippen LogP contribution in [0.2, 0.25) is 0 Å². The Labute approximate surface area is 202 Å². The second kappa shape index (κ2) is 10.9. The Morgan fingerprint density at radius 3 is 2.59 bits per heavy atom. The van der Waals surface area contributed by atoms with Gasteiger partial charge in [-0.1, -0.05) is 11.2 Å². The zero-order valence-corrected chi connectivity index (χ0v) is 20.0. The minimum absolute atomic E-state index is 0.230. The molecule has 0 atom stereocenters. The number of benzene rings is 2. The first-order valence-electron chi connectivity index (χ1n) is 10.7. The van der Waals surface area contributed by atoms with Gasteiger partial charge in [0.1, 0.15) is 12.4 Å². The fourth-order valence-corrected chi connectivity index (χ4v) is 4.11. The third-order valence-corrected chi connectivity index (χ3v) is 6.30. The first-order chi connectivity index (χ1) is 16.5. The molecular weight excluding hydrogens is 450 g/mol. The van der Waals surface area contributed by atoms with E-state index in [1.165, 1.54) is 0 Å². The number of hydrogen-bond acceptors (Lipinski definition) is 7. The number of aromatic nitrogens is 2. The van der Waals surface area contributed by atoms with E-state index in [-0.39, 0.29) is 5.91 Å². The summed E-state index contributed by atoms with van der Waals surface area (Å²) in [4.78, 5) is 18.0. The highest BCUT2D eigenvalue weighted by molar-refractivity contribution is 7.98. The maximum atomic E-state index is 12.8. The predicted octanol–water partition coefficient (Wildman–Crippen LogP) is 5.82. The summed E-state index contributed by atoms with van der Waals surface area (Å²) in [7, 11) is 1.54. The summed E-state index contributed by atoms with van der Waals surface area (Å²) in [6.07, 6.45) is 3.63. The van der Waals surface area contributed by atoms with Gasteiger partial charge < -0.3 is 19.3 Å². The van der Waals surface area contributed by atoms with Crippen LogP contribution >= 0.6 is 11.8 Å². The predicted molar refractivity (Wildman–Crippen MR) is 131 cm³/mol. The van der Waals surface area contributed by atoms with Crippen molar-refractivity contribution in [2.45, 2.75) is 31.1 Å². The highest BCUT2D eigenvalue weighted by atomic mass is 32.2. The zero-order chi connectivity index (χ0) is 23.9. The highest BCUT2D eigenvalue weighted by Gasteiger charge is 2.14. The second-order valence-corrected chi connectivity index (χ2v) is 8.63. The van der Waals surface area contributed by atoms with Gasteiger partial charge in [-0.25, -0.2) is 0 Å². The molecule has 0 aliphatic rings. The first kappa shape index (κ1) is 23.4. The summed E-state index contributed by atoms with van der Waals surface area (Å²) in [5.74, 6) is 2.33. The minimum atomic E-state index is -0.230. The van der Waals surface area contributed by atoms with Crippen molar-refractivity contribution >= 4 is 23.4 Å². The van der Waals surface area contributed by atoms with E-state index in [2.05, 4.69) is 21.5 Å². The van der Waals surface area contributed by atoms with Gasteiger partial charge in [0.2, 0.25) is 0 Å². The Kier molecular flexibility index (Phi) is 7.49. The fraction of sp³-hybridized carbons (Fsp3) is 0.192. The van der Waals surface area contributed by atoms with Crippen LogP contribution in [0.25, 0.3) is 0 Å². The van der Waals surface area contributed by atoms with E-state index in [4.69, 9.17) is 14.0 Å². The number of rotatable bonds is 9. The normalized spacial score (nSPS) is 10.7. The van der Waals surface area contributed by atoms with E-state index in [9.17, 15) is 4.79 Å². The van der Waals surface area contributed by atoms with E-state index in [1.807, 2.05) is 50.4 Å². The molecule has 0 aliphatic heterocycles. The molecule has 0 bridgehead atoms. The number of ether oxygens (including phenoxy) is 2. The second-order valence-electron chi connectivity index (χ2n) is 7.59. The zero-order valence-electron chi connectivity index (χ0n) is 19.2. The maximum absolute atomic E-state index is 12.8. The van der Waals surface area contributed by atoms with Gasteiger partial charge in [-0.15, -0.1) is 11.8 Å². The third kappa shape index (κ3) is 5.77. The largest absolute Gasteiger partial charge is 0.493 e. The molecule has 0 aliphatic carbocycles. The molecule has 0 radical (unpaired) electrons. The fourth-order valence-electron chi connectivity index (χ4n) is 3.27. The molecule has 4 rings (SSSR count). The molecule has 0 unspecified atom stereocenters. The Morgan fingerprint density at radius 1 is 1.09 bits per heavy atom. The van der Waals surface area contributed by atoms with E-state index < -0.39 is 0 Å². The van der Waals surface area contributed by atoms with E-state index >= 15 is 0 Å². The molecule has 174 valence electrons.